The number of benzene rings is 2. The number of hydrogen-bond donors (Lipinski definition) is 2. The van der Waals surface area contributed by atoms with Gasteiger partial charge in [-0.15, -0.1) is 0 Å². The first-order chi connectivity index (χ1) is 15.2. The molecule has 1 aliphatic rings. The topological polar surface area (TPSA) is 85.4 Å². The van der Waals surface area contributed by atoms with E-state index in [1.165, 1.54) is 19.2 Å². The van der Waals surface area contributed by atoms with Crippen LogP contribution in [0.15, 0.2) is 48.8 Å². The number of fused-ring (bicyclic) bond motifs is 1. The number of nitrogens with one attached hydrogen (secondary N) is 2. The lowest BCUT2D eigenvalue weighted by atomic mass is 10.1. The molecule has 160 valence electrons. The highest BCUT2D eigenvalue weighted by molar-refractivity contribution is 5.93. The normalized spacial score (nSPS) is 14.1. The third kappa shape index (κ3) is 4.94. The first-order valence-corrected chi connectivity index (χ1v) is 10.4. The Kier molecular flexibility index (Phi) is 6.31. The Morgan fingerprint density at radius 1 is 1.03 bits per heavy atom. The molecule has 7 nitrogen and oxygen atoms in total. The van der Waals surface area contributed by atoms with Gasteiger partial charge in [0.05, 0.1) is 19.7 Å². The van der Waals surface area contributed by atoms with Crippen molar-refractivity contribution in [2.75, 3.05) is 19.5 Å². The van der Waals surface area contributed by atoms with Crippen LogP contribution in [0.5, 0.6) is 11.5 Å². The molecule has 2 N–H and O–H groups in total. The Bertz CT molecular complexity index is 1090. The van der Waals surface area contributed by atoms with Gasteiger partial charge in [0.2, 0.25) is 5.91 Å². The summed E-state index contributed by atoms with van der Waals surface area (Å²) in [5.41, 5.74) is 2.58. The molecule has 1 fully saturated rings. The molecule has 1 saturated carbocycles. The van der Waals surface area contributed by atoms with E-state index in [9.17, 15) is 4.79 Å². The van der Waals surface area contributed by atoms with Gasteiger partial charge in [-0.2, -0.15) is 0 Å². The van der Waals surface area contributed by atoms with Gasteiger partial charge in [-0.1, -0.05) is 25.0 Å². The molecule has 0 atom stereocenters. The van der Waals surface area contributed by atoms with Crippen molar-refractivity contribution in [3.63, 3.8) is 0 Å². The number of rotatable bonds is 7. The van der Waals surface area contributed by atoms with Crippen molar-refractivity contribution in [2.24, 2.45) is 0 Å². The highest BCUT2D eigenvalue weighted by Crippen LogP contribution is 2.34. The average molecular weight is 418 g/mol. The second-order valence-corrected chi connectivity index (χ2v) is 7.52. The van der Waals surface area contributed by atoms with E-state index in [4.69, 9.17) is 9.47 Å². The highest BCUT2D eigenvalue weighted by Gasteiger charge is 2.15. The van der Waals surface area contributed by atoms with Gasteiger partial charge in [0.25, 0.3) is 0 Å². The molecule has 1 aromatic heterocycles. The Labute approximate surface area is 181 Å². The van der Waals surface area contributed by atoms with Gasteiger partial charge in [0, 0.05) is 29.3 Å². The number of hydrogen-bond acceptors (Lipinski definition) is 6. The minimum Gasteiger partial charge on any atom is -0.493 e. The summed E-state index contributed by atoms with van der Waals surface area (Å²) in [5.74, 6) is 1.87. The SMILES string of the molecule is COc1cc2ncnc(Nc3ccc(C=CC(=O)NC4CCCC4)cc3)c2cc1OC. The molecule has 1 aliphatic carbocycles. The van der Waals surface area contributed by atoms with Crippen LogP contribution in [0.25, 0.3) is 17.0 Å². The smallest absolute Gasteiger partial charge is 0.244 e. The second-order valence-electron chi connectivity index (χ2n) is 7.52. The van der Waals surface area contributed by atoms with Crippen LogP contribution in [0.4, 0.5) is 11.5 Å². The van der Waals surface area contributed by atoms with E-state index < -0.39 is 0 Å². The van der Waals surface area contributed by atoms with Crippen molar-refractivity contribution in [1.82, 2.24) is 15.3 Å². The van der Waals surface area contributed by atoms with E-state index in [1.807, 2.05) is 42.5 Å². The van der Waals surface area contributed by atoms with Gasteiger partial charge in [0.15, 0.2) is 11.5 Å². The zero-order chi connectivity index (χ0) is 21.6. The van der Waals surface area contributed by atoms with Crippen molar-refractivity contribution in [3.05, 3.63) is 54.4 Å². The summed E-state index contributed by atoms with van der Waals surface area (Å²) >= 11 is 0. The van der Waals surface area contributed by atoms with Crippen LogP contribution in [-0.2, 0) is 4.79 Å². The molecule has 0 bridgehead atoms. The summed E-state index contributed by atoms with van der Waals surface area (Å²) in [6, 6.07) is 11.8. The molecule has 0 aliphatic heterocycles. The molecular weight excluding hydrogens is 392 g/mol. The van der Waals surface area contributed by atoms with Crippen LogP contribution in [-0.4, -0.2) is 36.1 Å². The summed E-state index contributed by atoms with van der Waals surface area (Å²) < 4.78 is 10.8. The van der Waals surface area contributed by atoms with Gasteiger partial charge in [0.1, 0.15) is 12.1 Å². The number of methoxy groups -OCH3 is 2. The fraction of sp³-hybridized carbons (Fsp3) is 0.292. The Hall–Kier alpha value is -3.61. The summed E-state index contributed by atoms with van der Waals surface area (Å²) in [5, 5.41) is 7.21. The Morgan fingerprint density at radius 2 is 1.74 bits per heavy atom. The zero-order valence-electron chi connectivity index (χ0n) is 17.7. The number of carbonyl (C=O) groups is 1. The first kappa shape index (κ1) is 20.7. The van der Waals surface area contributed by atoms with Gasteiger partial charge >= 0.3 is 0 Å². The van der Waals surface area contributed by atoms with E-state index in [1.54, 1.807) is 20.3 Å². The largest absolute Gasteiger partial charge is 0.493 e. The number of anilines is 2. The van der Waals surface area contributed by atoms with Gasteiger partial charge in [-0.3, -0.25) is 4.79 Å². The van der Waals surface area contributed by atoms with Crippen LogP contribution >= 0.6 is 0 Å². The lowest BCUT2D eigenvalue weighted by Crippen LogP contribution is -2.30. The third-order valence-electron chi connectivity index (χ3n) is 5.44. The molecule has 3 aromatic rings. The highest BCUT2D eigenvalue weighted by atomic mass is 16.5. The number of carbonyl (C=O) groups excluding carboxylic acids is 1. The van der Waals surface area contributed by atoms with E-state index in [2.05, 4.69) is 20.6 Å². The van der Waals surface area contributed by atoms with Crippen LogP contribution in [0, 0.1) is 0 Å². The lowest BCUT2D eigenvalue weighted by Gasteiger charge is -2.12. The summed E-state index contributed by atoms with van der Waals surface area (Å²) in [6.45, 7) is 0. The third-order valence-corrected chi connectivity index (χ3v) is 5.44. The maximum absolute atomic E-state index is 12.1. The van der Waals surface area contributed by atoms with Crippen LogP contribution in [0.2, 0.25) is 0 Å². The molecule has 7 heteroatoms. The first-order valence-electron chi connectivity index (χ1n) is 10.4. The molecule has 0 spiro atoms. The molecule has 4 rings (SSSR count). The fourth-order valence-electron chi connectivity index (χ4n) is 3.79. The quantitative estimate of drug-likeness (QED) is 0.551. The van der Waals surface area contributed by atoms with Crippen molar-refractivity contribution < 1.29 is 14.3 Å². The molecule has 1 amide bonds. The Balaban J connectivity index is 1.47. The van der Waals surface area contributed by atoms with Crippen molar-refractivity contribution >= 4 is 34.4 Å². The predicted octanol–water partition coefficient (Wildman–Crippen LogP) is 4.46. The van der Waals surface area contributed by atoms with Crippen LogP contribution < -0.4 is 20.1 Å². The van der Waals surface area contributed by atoms with Crippen LogP contribution in [0.3, 0.4) is 0 Å². The van der Waals surface area contributed by atoms with Crippen molar-refractivity contribution in [3.8, 4) is 11.5 Å². The fourth-order valence-corrected chi connectivity index (χ4v) is 3.79. The van der Waals surface area contributed by atoms with Crippen molar-refractivity contribution in [1.29, 1.82) is 0 Å². The summed E-state index contributed by atoms with van der Waals surface area (Å²) in [7, 11) is 3.19. The molecule has 0 unspecified atom stereocenters. The number of ether oxygens (including phenoxy) is 2. The minimum absolute atomic E-state index is 0.0362. The maximum atomic E-state index is 12.1. The van der Waals surface area contributed by atoms with E-state index in [0.717, 1.165) is 35.0 Å². The van der Waals surface area contributed by atoms with E-state index in [0.29, 0.717) is 23.4 Å². The second kappa shape index (κ2) is 9.47. The average Bonchev–Trinajstić information content (AvgIpc) is 3.31. The molecule has 31 heavy (non-hydrogen) atoms. The monoisotopic (exact) mass is 418 g/mol. The molecule has 0 saturated heterocycles. The Morgan fingerprint density at radius 3 is 2.45 bits per heavy atom. The number of nitrogens with zero attached hydrogens (tertiary/aromatic N) is 2. The molecule has 1 heterocycles. The predicted molar refractivity (Wildman–Crippen MR) is 122 cm³/mol. The van der Waals surface area contributed by atoms with Gasteiger partial charge in [-0.25, -0.2) is 9.97 Å². The van der Waals surface area contributed by atoms with E-state index >= 15 is 0 Å². The lowest BCUT2D eigenvalue weighted by molar-refractivity contribution is -0.117. The van der Waals surface area contributed by atoms with Gasteiger partial charge in [-0.05, 0) is 42.7 Å². The van der Waals surface area contributed by atoms with E-state index in [-0.39, 0.29) is 5.91 Å². The standard InChI is InChI=1S/C24H26N4O3/c1-30-21-13-19-20(14-22(21)31-2)25-15-26-24(19)28-18-10-7-16(8-11-18)9-12-23(29)27-17-5-3-4-6-17/h7-15,17H,3-6H2,1-2H3,(H,27,29)(H,25,26,28). The van der Waals surface area contributed by atoms with Crippen LogP contribution in [0.1, 0.15) is 31.2 Å². The van der Waals surface area contributed by atoms with Gasteiger partial charge < -0.3 is 20.1 Å². The number of aromatic nitrogens is 2. The van der Waals surface area contributed by atoms with Crippen molar-refractivity contribution in [2.45, 2.75) is 31.7 Å². The summed E-state index contributed by atoms with van der Waals surface area (Å²) in [6.07, 6.45) is 9.49. The molecule has 2 aromatic carbocycles. The minimum atomic E-state index is -0.0362. The zero-order valence-corrected chi connectivity index (χ0v) is 17.7. The molecular formula is C24H26N4O3. The number of amides is 1. The summed E-state index contributed by atoms with van der Waals surface area (Å²) in [4.78, 5) is 20.8. The maximum Gasteiger partial charge on any atom is 0.244 e. The molecule has 0 radical (unpaired) electrons.